The number of rotatable bonds is 8. The minimum atomic E-state index is -0.335. The van der Waals surface area contributed by atoms with Crippen LogP contribution in [0.25, 0.3) is 16.5 Å². The van der Waals surface area contributed by atoms with Crippen molar-refractivity contribution in [1.29, 1.82) is 0 Å². The number of nitrogens with one attached hydrogen (secondary N) is 2. The molecule has 2 N–H and O–H groups in total. The van der Waals surface area contributed by atoms with E-state index in [1.165, 1.54) is 0 Å². The van der Waals surface area contributed by atoms with Crippen LogP contribution >= 0.6 is 0 Å². The summed E-state index contributed by atoms with van der Waals surface area (Å²) < 4.78 is 13.4. The van der Waals surface area contributed by atoms with Crippen LogP contribution in [-0.2, 0) is 10.2 Å². The Morgan fingerprint density at radius 2 is 1.70 bits per heavy atom. The molecule has 2 heterocycles. The number of benzene rings is 3. The van der Waals surface area contributed by atoms with E-state index in [0.717, 1.165) is 72.7 Å². The van der Waals surface area contributed by atoms with Crippen molar-refractivity contribution in [3.05, 3.63) is 78.0 Å². The molecule has 5 rings (SSSR count). The first kappa shape index (κ1) is 27.7. The van der Waals surface area contributed by atoms with Crippen molar-refractivity contribution in [2.75, 3.05) is 50.1 Å². The van der Waals surface area contributed by atoms with Gasteiger partial charge in [0.25, 0.3) is 0 Å². The number of carbonyl (C=O) groups is 1. The molecule has 0 unspecified atom stereocenters. The molecule has 1 saturated heterocycles. The van der Waals surface area contributed by atoms with E-state index >= 15 is 0 Å². The van der Waals surface area contributed by atoms with Gasteiger partial charge in [-0.3, -0.25) is 10.2 Å². The Morgan fingerprint density at radius 3 is 2.42 bits per heavy atom. The third-order valence-corrected chi connectivity index (χ3v) is 7.11. The number of aromatic nitrogens is 2. The van der Waals surface area contributed by atoms with Crippen molar-refractivity contribution in [3.8, 4) is 11.4 Å². The quantitative estimate of drug-likeness (QED) is 0.253. The number of ether oxygens (including phenoxy) is 2. The van der Waals surface area contributed by atoms with Crippen LogP contribution in [0.3, 0.4) is 0 Å². The molecule has 1 aliphatic heterocycles. The SMILES string of the molecule is Cc1ccc(-n2nc(C(C)(C)C)cc2NC(=O)Nc2ccc(OCCCN3CCOCC3)c3ccccc23)cc1. The van der Waals surface area contributed by atoms with Crippen LogP contribution in [0, 0.1) is 6.92 Å². The normalized spacial score (nSPS) is 14.3. The van der Waals surface area contributed by atoms with E-state index in [0.29, 0.717) is 18.1 Å². The van der Waals surface area contributed by atoms with Crippen LogP contribution in [0.2, 0.25) is 0 Å². The Labute approximate surface area is 236 Å². The lowest BCUT2D eigenvalue weighted by atomic mass is 9.92. The average molecular weight is 542 g/mol. The van der Waals surface area contributed by atoms with E-state index in [4.69, 9.17) is 14.6 Å². The van der Waals surface area contributed by atoms with Gasteiger partial charge in [-0.05, 0) is 37.6 Å². The van der Waals surface area contributed by atoms with Gasteiger partial charge in [-0.1, -0.05) is 62.7 Å². The molecule has 0 saturated carbocycles. The maximum Gasteiger partial charge on any atom is 0.324 e. The Bertz CT molecular complexity index is 1450. The van der Waals surface area contributed by atoms with Crippen LogP contribution in [-0.4, -0.2) is 60.2 Å². The molecule has 4 aromatic rings. The first-order valence-corrected chi connectivity index (χ1v) is 14.0. The van der Waals surface area contributed by atoms with Crippen LogP contribution in [0.15, 0.2) is 66.7 Å². The number of morpholine rings is 1. The third-order valence-electron chi connectivity index (χ3n) is 7.11. The average Bonchev–Trinajstić information content (AvgIpc) is 3.37. The topological polar surface area (TPSA) is 80.7 Å². The molecule has 2 amide bonds. The summed E-state index contributed by atoms with van der Waals surface area (Å²) >= 11 is 0. The molecular weight excluding hydrogens is 502 g/mol. The van der Waals surface area contributed by atoms with E-state index in [1.807, 2.05) is 73.7 Å². The fourth-order valence-corrected chi connectivity index (χ4v) is 4.79. The van der Waals surface area contributed by atoms with Crippen molar-refractivity contribution in [2.45, 2.75) is 39.5 Å². The Balaban J connectivity index is 1.30. The number of aryl methyl sites for hydroxylation is 1. The van der Waals surface area contributed by atoms with Gasteiger partial charge in [0.2, 0.25) is 0 Å². The summed E-state index contributed by atoms with van der Waals surface area (Å²) in [6.07, 6.45) is 0.946. The molecule has 1 aromatic heterocycles. The molecule has 0 bridgehead atoms. The van der Waals surface area contributed by atoms with Crippen LogP contribution < -0.4 is 15.4 Å². The van der Waals surface area contributed by atoms with Crippen LogP contribution in [0.5, 0.6) is 5.75 Å². The predicted molar refractivity (Wildman–Crippen MR) is 161 cm³/mol. The first-order valence-electron chi connectivity index (χ1n) is 14.0. The van der Waals surface area contributed by atoms with Crippen LogP contribution in [0.4, 0.5) is 16.3 Å². The van der Waals surface area contributed by atoms with Gasteiger partial charge in [0.05, 0.1) is 36.9 Å². The summed E-state index contributed by atoms with van der Waals surface area (Å²) in [5.74, 6) is 1.42. The lowest BCUT2D eigenvalue weighted by molar-refractivity contribution is 0.0358. The van der Waals surface area contributed by atoms with Crippen molar-refractivity contribution in [2.24, 2.45) is 0 Å². The summed E-state index contributed by atoms with van der Waals surface area (Å²) in [7, 11) is 0. The molecular formula is C32H39N5O3. The summed E-state index contributed by atoms with van der Waals surface area (Å²) in [6, 6.07) is 21.5. The van der Waals surface area contributed by atoms with Gasteiger partial charge in [-0.25, -0.2) is 9.48 Å². The van der Waals surface area contributed by atoms with Gasteiger partial charge in [-0.2, -0.15) is 5.10 Å². The summed E-state index contributed by atoms with van der Waals surface area (Å²) in [4.78, 5) is 15.7. The predicted octanol–water partition coefficient (Wildman–Crippen LogP) is 6.38. The first-order chi connectivity index (χ1) is 19.3. The number of nitrogens with zero attached hydrogens (tertiary/aromatic N) is 3. The maximum absolute atomic E-state index is 13.3. The highest BCUT2D eigenvalue weighted by Crippen LogP contribution is 2.32. The summed E-state index contributed by atoms with van der Waals surface area (Å²) in [5.41, 5.74) is 3.49. The van der Waals surface area contributed by atoms with Crippen molar-refractivity contribution >= 4 is 28.3 Å². The minimum Gasteiger partial charge on any atom is -0.493 e. The van der Waals surface area contributed by atoms with Crippen molar-refractivity contribution in [1.82, 2.24) is 14.7 Å². The summed E-state index contributed by atoms with van der Waals surface area (Å²) in [6.45, 7) is 13.6. The van der Waals surface area contributed by atoms with Gasteiger partial charge >= 0.3 is 6.03 Å². The zero-order valence-corrected chi connectivity index (χ0v) is 23.9. The summed E-state index contributed by atoms with van der Waals surface area (Å²) in [5, 5.41) is 12.8. The Kier molecular flexibility index (Phi) is 8.38. The second kappa shape index (κ2) is 12.1. The Morgan fingerprint density at radius 1 is 0.975 bits per heavy atom. The molecule has 1 aliphatic rings. The van der Waals surface area contributed by atoms with E-state index in [9.17, 15) is 4.79 Å². The van der Waals surface area contributed by atoms with E-state index in [2.05, 4.69) is 36.3 Å². The highest BCUT2D eigenvalue weighted by Gasteiger charge is 2.22. The monoisotopic (exact) mass is 541 g/mol. The Hall–Kier alpha value is -3.88. The van der Waals surface area contributed by atoms with Crippen molar-refractivity contribution < 1.29 is 14.3 Å². The standard InChI is InChI=1S/C32H39N5O3/c1-23-10-12-24(13-11-23)37-30(22-29(35-37)32(2,3)4)34-31(38)33-27-14-15-28(26-9-6-5-8-25(26)27)40-19-7-16-36-17-20-39-21-18-36/h5-6,8-15,22H,7,16-21H2,1-4H3,(H2,33,34,38). The largest absolute Gasteiger partial charge is 0.493 e. The molecule has 1 fully saturated rings. The smallest absolute Gasteiger partial charge is 0.324 e. The molecule has 40 heavy (non-hydrogen) atoms. The second-order valence-electron chi connectivity index (χ2n) is 11.3. The number of fused-ring (bicyclic) bond motifs is 1. The van der Waals surface area contributed by atoms with Gasteiger partial charge in [0.15, 0.2) is 0 Å². The van der Waals surface area contributed by atoms with E-state index in [1.54, 1.807) is 4.68 Å². The fraction of sp³-hybridized carbons (Fsp3) is 0.375. The third kappa shape index (κ3) is 6.63. The van der Waals surface area contributed by atoms with Gasteiger partial charge in [-0.15, -0.1) is 0 Å². The molecule has 0 aliphatic carbocycles. The van der Waals surface area contributed by atoms with Gasteiger partial charge in [0.1, 0.15) is 11.6 Å². The number of hydrogen-bond donors (Lipinski definition) is 2. The minimum absolute atomic E-state index is 0.170. The number of amides is 2. The number of hydrogen-bond acceptors (Lipinski definition) is 5. The van der Waals surface area contributed by atoms with E-state index in [-0.39, 0.29) is 11.4 Å². The second-order valence-corrected chi connectivity index (χ2v) is 11.3. The van der Waals surface area contributed by atoms with Gasteiger partial charge < -0.3 is 14.8 Å². The molecule has 210 valence electrons. The molecule has 0 radical (unpaired) electrons. The highest BCUT2D eigenvalue weighted by molar-refractivity contribution is 6.07. The lowest BCUT2D eigenvalue weighted by Gasteiger charge is -2.26. The number of urea groups is 1. The zero-order chi connectivity index (χ0) is 28.1. The van der Waals surface area contributed by atoms with Gasteiger partial charge in [0, 0.05) is 41.9 Å². The lowest BCUT2D eigenvalue weighted by Crippen LogP contribution is -2.37. The van der Waals surface area contributed by atoms with Crippen molar-refractivity contribution in [3.63, 3.8) is 0 Å². The molecule has 0 atom stereocenters. The molecule has 8 heteroatoms. The molecule has 0 spiro atoms. The number of carbonyl (C=O) groups excluding carboxylic acids is 1. The number of anilines is 2. The van der Waals surface area contributed by atoms with E-state index < -0.39 is 0 Å². The van der Waals surface area contributed by atoms with Crippen LogP contribution in [0.1, 0.15) is 38.4 Å². The zero-order valence-electron chi connectivity index (χ0n) is 23.9. The molecule has 8 nitrogen and oxygen atoms in total. The molecule has 3 aromatic carbocycles. The highest BCUT2D eigenvalue weighted by atomic mass is 16.5. The maximum atomic E-state index is 13.3. The fourth-order valence-electron chi connectivity index (χ4n) is 4.79.